The van der Waals surface area contributed by atoms with Crippen LogP contribution in [0.15, 0.2) is 40.5 Å². The average Bonchev–Trinajstić information content (AvgIpc) is 3.57. The fourth-order valence-corrected chi connectivity index (χ4v) is 6.32. The third-order valence-corrected chi connectivity index (χ3v) is 8.04. The maximum Gasteiger partial charge on any atom is 0.252 e. The Kier molecular flexibility index (Phi) is 6.84. The highest BCUT2D eigenvalue weighted by atomic mass is 32.1. The molecule has 0 spiro atoms. The highest BCUT2D eigenvalue weighted by Gasteiger charge is 2.32. The first-order valence-electron chi connectivity index (χ1n) is 12.6. The van der Waals surface area contributed by atoms with E-state index in [0.29, 0.717) is 12.6 Å². The molecule has 0 radical (unpaired) electrons. The number of rotatable bonds is 8. The van der Waals surface area contributed by atoms with Gasteiger partial charge in [0.25, 0.3) is 5.56 Å². The molecule has 1 atom stereocenters. The van der Waals surface area contributed by atoms with Crippen molar-refractivity contribution in [2.24, 2.45) is 5.92 Å². The number of aromatic amines is 1. The van der Waals surface area contributed by atoms with Gasteiger partial charge in [-0.15, -0.1) is 16.4 Å². The molecule has 0 bridgehead atoms. The molecule has 7 nitrogen and oxygen atoms in total. The Bertz CT molecular complexity index is 1350. The van der Waals surface area contributed by atoms with Crippen molar-refractivity contribution >= 4 is 22.2 Å². The lowest BCUT2D eigenvalue weighted by molar-refractivity contribution is 0.124. The zero-order chi connectivity index (χ0) is 24.5. The van der Waals surface area contributed by atoms with E-state index in [1.54, 1.807) is 11.3 Å². The van der Waals surface area contributed by atoms with Crippen LogP contribution in [0.1, 0.15) is 79.0 Å². The zero-order valence-electron chi connectivity index (χ0n) is 21.0. The van der Waals surface area contributed by atoms with Crippen LogP contribution in [0.25, 0.3) is 10.9 Å². The molecule has 1 aromatic carbocycles. The first-order valence-corrected chi connectivity index (χ1v) is 13.5. The number of aromatic nitrogens is 5. The largest absolute Gasteiger partial charge is 0.322 e. The maximum atomic E-state index is 13.2. The molecule has 0 saturated heterocycles. The van der Waals surface area contributed by atoms with Crippen molar-refractivity contribution < 1.29 is 0 Å². The molecule has 1 fully saturated rings. The summed E-state index contributed by atoms with van der Waals surface area (Å²) in [5.41, 5.74) is 3.96. The van der Waals surface area contributed by atoms with Crippen LogP contribution in [0.5, 0.6) is 0 Å². The number of hydrogen-bond donors (Lipinski definition) is 1. The van der Waals surface area contributed by atoms with Crippen molar-refractivity contribution in [1.29, 1.82) is 0 Å². The fraction of sp³-hybridized carbons (Fsp3) is 0.481. The van der Waals surface area contributed by atoms with E-state index >= 15 is 0 Å². The number of tetrazole rings is 1. The summed E-state index contributed by atoms with van der Waals surface area (Å²) in [6.07, 6.45) is 4.69. The van der Waals surface area contributed by atoms with Gasteiger partial charge < -0.3 is 4.98 Å². The SMILES string of the molecule is Cc1cc(C)c2cc(CN(Cc3cccs3)C(c3nnnn3C3CCCC3)C(C)C)c(=O)[nH]c2c1. The van der Waals surface area contributed by atoms with E-state index in [1.807, 2.05) is 6.07 Å². The fourth-order valence-electron chi connectivity index (χ4n) is 5.59. The van der Waals surface area contributed by atoms with E-state index in [0.717, 1.165) is 47.2 Å². The van der Waals surface area contributed by atoms with E-state index in [9.17, 15) is 4.79 Å². The standard InChI is InChI=1S/C27H34N6OS/c1-17(2)25(26-29-30-31-33(26)21-8-5-6-9-21)32(16-22-10-7-11-35-22)15-20-14-23-19(4)12-18(3)13-24(23)28-27(20)34/h7,10-14,17,21,25H,5-6,8-9,15-16H2,1-4H3,(H,28,34). The smallest absolute Gasteiger partial charge is 0.252 e. The molecule has 184 valence electrons. The van der Waals surface area contributed by atoms with Crippen molar-refractivity contribution in [1.82, 2.24) is 30.1 Å². The Balaban J connectivity index is 1.56. The number of nitrogens with one attached hydrogen (secondary N) is 1. The summed E-state index contributed by atoms with van der Waals surface area (Å²) < 4.78 is 2.07. The summed E-state index contributed by atoms with van der Waals surface area (Å²) in [7, 11) is 0. The minimum atomic E-state index is -0.0310. The molecule has 8 heteroatoms. The van der Waals surface area contributed by atoms with Gasteiger partial charge in [-0.1, -0.05) is 38.8 Å². The van der Waals surface area contributed by atoms with Crippen LogP contribution in [-0.4, -0.2) is 30.1 Å². The Hall–Kier alpha value is -2.84. The highest BCUT2D eigenvalue weighted by molar-refractivity contribution is 7.09. The number of H-pyrrole nitrogens is 1. The number of thiophene rings is 1. The molecule has 4 aromatic rings. The first kappa shape index (κ1) is 23.9. The van der Waals surface area contributed by atoms with Gasteiger partial charge in [0.1, 0.15) is 0 Å². The molecular weight excluding hydrogens is 456 g/mol. The van der Waals surface area contributed by atoms with Gasteiger partial charge in [-0.3, -0.25) is 9.69 Å². The maximum absolute atomic E-state index is 13.2. The van der Waals surface area contributed by atoms with Gasteiger partial charge in [-0.2, -0.15) is 0 Å². The third-order valence-electron chi connectivity index (χ3n) is 7.18. The Morgan fingerprint density at radius 1 is 1.17 bits per heavy atom. The lowest BCUT2D eigenvalue weighted by atomic mass is 9.99. The molecule has 0 amide bonds. The van der Waals surface area contributed by atoms with Crippen LogP contribution in [0, 0.1) is 19.8 Å². The average molecular weight is 491 g/mol. The molecule has 3 heterocycles. The van der Waals surface area contributed by atoms with Crippen molar-refractivity contribution in [3.8, 4) is 0 Å². The summed E-state index contributed by atoms with van der Waals surface area (Å²) in [6, 6.07) is 10.9. The van der Waals surface area contributed by atoms with Crippen molar-refractivity contribution in [3.05, 3.63) is 73.5 Å². The van der Waals surface area contributed by atoms with Crippen LogP contribution >= 0.6 is 11.3 Å². The van der Waals surface area contributed by atoms with E-state index in [1.165, 1.54) is 23.3 Å². The van der Waals surface area contributed by atoms with Crippen LogP contribution in [0.2, 0.25) is 0 Å². The van der Waals surface area contributed by atoms with Crippen molar-refractivity contribution in [2.45, 2.75) is 78.6 Å². The van der Waals surface area contributed by atoms with E-state index in [4.69, 9.17) is 0 Å². The number of nitrogens with zero attached hydrogens (tertiary/aromatic N) is 5. The van der Waals surface area contributed by atoms with Gasteiger partial charge >= 0.3 is 0 Å². The van der Waals surface area contributed by atoms with Crippen molar-refractivity contribution in [2.75, 3.05) is 0 Å². The van der Waals surface area contributed by atoms with Crippen LogP contribution in [0.3, 0.4) is 0 Å². The predicted molar refractivity (Wildman–Crippen MR) is 141 cm³/mol. The highest BCUT2D eigenvalue weighted by Crippen LogP contribution is 2.35. The molecule has 1 N–H and O–H groups in total. The molecule has 1 unspecified atom stereocenters. The zero-order valence-corrected chi connectivity index (χ0v) is 21.8. The van der Waals surface area contributed by atoms with Gasteiger partial charge in [0, 0.05) is 34.4 Å². The normalized spacial score (nSPS) is 15.6. The van der Waals surface area contributed by atoms with Gasteiger partial charge in [0.2, 0.25) is 0 Å². The van der Waals surface area contributed by atoms with E-state index in [2.05, 4.69) is 87.4 Å². The summed E-state index contributed by atoms with van der Waals surface area (Å²) in [5, 5.41) is 16.3. The number of aryl methyl sites for hydroxylation is 2. The third kappa shape index (κ3) is 4.95. The van der Waals surface area contributed by atoms with Crippen LogP contribution < -0.4 is 5.56 Å². The van der Waals surface area contributed by atoms with Crippen LogP contribution in [0.4, 0.5) is 0 Å². The Morgan fingerprint density at radius 2 is 1.97 bits per heavy atom. The second kappa shape index (κ2) is 10.0. The van der Waals surface area contributed by atoms with Crippen LogP contribution in [-0.2, 0) is 13.1 Å². The summed E-state index contributed by atoms with van der Waals surface area (Å²) in [6.45, 7) is 9.87. The van der Waals surface area contributed by atoms with Gasteiger partial charge in [0.15, 0.2) is 5.82 Å². The lowest BCUT2D eigenvalue weighted by Gasteiger charge is -2.33. The van der Waals surface area contributed by atoms with Gasteiger partial charge in [-0.25, -0.2) is 4.68 Å². The lowest BCUT2D eigenvalue weighted by Crippen LogP contribution is -2.35. The minimum Gasteiger partial charge on any atom is -0.322 e. The summed E-state index contributed by atoms with van der Waals surface area (Å²) in [4.78, 5) is 20.0. The molecule has 1 aliphatic rings. The van der Waals surface area contributed by atoms with E-state index in [-0.39, 0.29) is 17.5 Å². The molecular formula is C27H34N6OS. The Labute approximate surface area is 210 Å². The van der Waals surface area contributed by atoms with Gasteiger partial charge in [-0.05, 0) is 77.7 Å². The summed E-state index contributed by atoms with van der Waals surface area (Å²) >= 11 is 1.74. The molecule has 1 saturated carbocycles. The van der Waals surface area contributed by atoms with Gasteiger partial charge in [0.05, 0.1) is 12.1 Å². The Morgan fingerprint density at radius 3 is 2.69 bits per heavy atom. The second-order valence-electron chi connectivity index (χ2n) is 10.3. The monoisotopic (exact) mass is 490 g/mol. The first-order chi connectivity index (χ1) is 16.9. The molecule has 35 heavy (non-hydrogen) atoms. The molecule has 3 aromatic heterocycles. The number of fused-ring (bicyclic) bond motifs is 1. The second-order valence-corrected chi connectivity index (χ2v) is 11.3. The number of pyridine rings is 1. The van der Waals surface area contributed by atoms with Crippen molar-refractivity contribution in [3.63, 3.8) is 0 Å². The van der Waals surface area contributed by atoms with E-state index < -0.39 is 0 Å². The topological polar surface area (TPSA) is 79.7 Å². The molecule has 5 rings (SSSR count). The molecule has 1 aliphatic carbocycles. The molecule has 0 aliphatic heterocycles. The number of hydrogen-bond acceptors (Lipinski definition) is 6. The predicted octanol–water partition coefficient (Wildman–Crippen LogP) is 5.71. The number of benzene rings is 1. The summed E-state index contributed by atoms with van der Waals surface area (Å²) in [5.74, 6) is 1.18. The quantitative estimate of drug-likeness (QED) is 0.342. The minimum absolute atomic E-state index is 0.0121.